The van der Waals surface area contributed by atoms with Gasteiger partial charge < -0.3 is 15.5 Å². The van der Waals surface area contributed by atoms with Gasteiger partial charge in [-0.1, -0.05) is 36.4 Å². The fourth-order valence-electron chi connectivity index (χ4n) is 3.67. The zero-order valence-electron chi connectivity index (χ0n) is 16.8. The van der Waals surface area contributed by atoms with Gasteiger partial charge in [0.15, 0.2) is 10.7 Å². The molecule has 1 aliphatic rings. The van der Waals surface area contributed by atoms with Gasteiger partial charge >= 0.3 is 10.1 Å². The molecule has 1 aromatic heterocycles. The minimum absolute atomic E-state index is 0.0667. The normalized spacial score (nSPS) is 12.0. The molecule has 0 saturated heterocycles. The summed E-state index contributed by atoms with van der Waals surface area (Å²) >= 11 is 0. The molecular weight excluding hydrogens is 432 g/mol. The molecule has 3 aromatic carbocycles. The van der Waals surface area contributed by atoms with Gasteiger partial charge in [0.2, 0.25) is 0 Å². The lowest BCUT2D eigenvalue weighted by molar-refractivity contribution is 0.104. The minimum atomic E-state index is -4.77. The van der Waals surface area contributed by atoms with E-state index in [9.17, 15) is 22.6 Å². The van der Waals surface area contributed by atoms with Crippen molar-refractivity contribution in [3.63, 3.8) is 0 Å². The van der Waals surface area contributed by atoms with Crippen molar-refractivity contribution in [3.05, 3.63) is 88.2 Å². The van der Waals surface area contributed by atoms with E-state index >= 15 is 0 Å². The number of aromatic amines is 1. The number of benzene rings is 3. The van der Waals surface area contributed by atoms with Gasteiger partial charge in [-0.05, 0) is 35.9 Å². The summed E-state index contributed by atoms with van der Waals surface area (Å²) in [5, 5.41) is 0.323. The zero-order chi connectivity index (χ0) is 23.0. The average molecular weight is 450 g/mol. The maximum absolute atomic E-state index is 12.6. The number of methoxy groups -OCH3 is 1. The molecule has 0 spiro atoms. The summed E-state index contributed by atoms with van der Waals surface area (Å²) in [6.45, 7) is 0. The lowest BCUT2D eigenvalue weighted by atomic mass is 9.84. The number of carbonyl (C=O) groups excluding carboxylic acids is 1. The van der Waals surface area contributed by atoms with E-state index in [2.05, 4.69) is 4.98 Å². The number of ketones is 1. The van der Waals surface area contributed by atoms with Crippen LogP contribution in [0.5, 0.6) is 5.75 Å². The number of hydrogen-bond donors (Lipinski definition) is 3. The Balaban J connectivity index is 0.000000230. The molecule has 0 saturated carbocycles. The van der Waals surface area contributed by atoms with Crippen LogP contribution in [-0.2, 0) is 10.1 Å². The summed E-state index contributed by atoms with van der Waals surface area (Å²) in [6, 6.07) is 18.4. The third-order valence-electron chi connectivity index (χ3n) is 5.06. The summed E-state index contributed by atoms with van der Waals surface area (Å²) < 4.78 is 37.9. The number of anilines is 1. The number of nitrogens with two attached hydrogens (primary N) is 1. The Labute approximate surface area is 183 Å². The van der Waals surface area contributed by atoms with Crippen molar-refractivity contribution < 1.29 is 22.5 Å². The predicted octanol–water partition coefficient (Wildman–Crippen LogP) is 3.26. The molecule has 0 fully saturated rings. The predicted molar refractivity (Wildman–Crippen MR) is 121 cm³/mol. The lowest BCUT2D eigenvalue weighted by Gasteiger charge is -2.20. The Morgan fingerprint density at radius 3 is 2.12 bits per heavy atom. The Kier molecular flexibility index (Phi) is 5.29. The van der Waals surface area contributed by atoms with Crippen LogP contribution in [0.15, 0.2) is 76.4 Å². The SMILES string of the molecule is COc1ccc(N)cc1.O=C1c2ccccc2-c2c(S(=O)(=O)O)c(=O)[nH]c3cccc1c23. The Morgan fingerprint density at radius 1 is 0.875 bits per heavy atom. The molecule has 1 heterocycles. The fraction of sp³-hybridized carbons (Fsp3) is 0.0435. The molecule has 8 nitrogen and oxygen atoms in total. The molecule has 0 atom stereocenters. The number of nitrogen functional groups attached to an aromatic ring is 1. The van der Waals surface area contributed by atoms with Gasteiger partial charge in [0.25, 0.3) is 5.56 Å². The Bertz CT molecular complexity index is 1520. The highest BCUT2D eigenvalue weighted by molar-refractivity contribution is 7.86. The summed E-state index contributed by atoms with van der Waals surface area (Å²) in [5.41, 5.74) is 6.58. The van der Waals surface area contributed by atoms with Crippen LogP contribution < -0.4 is 16.0 Å². The maximum atomic E-state index is 12.6. The van der Waals surface area contributed by atoms with E-state index in [0.29, 0.717) is 22.0 Å². The fourth-order valence-corrected chi connectivity index (χ4v) is 4.43. The van der Waals surface area contributed by atoms with Crippen LogP contribution in [0.1, 0.15) is 15.9 Å². The van der Waals surface area contributed by atoms with Gasteiger partial charge in [-0.3, -0.25) is 14.1 Å². The number of ether oxygens (including phenoxy) is 1. The van der Waals surface area contributed by atoms with Crippen LogP contribution in [0.3, 0.4) is 0 Å². The van der Waals surface area contributed by atoms with Crippen molar-refractivity contribution in [2.75, 3.05) is 12.8 Å². The molecule has 0 bridgehead atoms. The molecule has 9 heteroatoms. The van der Waals surface area contributed by atoms with E-state index in [1.54, 1.807) is 61.7 Å². The molecule has 4 N–H and O–H groups in total. The molecule has 0 radical (unpaired) electrons. The first-order chi connectivity index (χ1) is 15.2. The molecule has 0 aliphatic heterocycles. The lowest BCUT2D eigenvalue weighted by Crippen LogP contribution is -2.22. The second-order valence-electron chi connectivity index (χ2n) is 7.01. The highest BCUT2D eigenvalue weighted by Crippen LogP contribution is 2.40. The maximum Gasteiger partial charge on any atom is 0.300 e. The molecule has 1 aliphatic carbocycles. The van der Waals surface area contributed by atoms with E-state index in [1.165, 1.54) is 0 Å². The molecule has 0 unspecified atom stereocenters. The van der Waals surface area contributed by atoms with Crippen LogP contribution in [0.25, 0.3) is 22.0 Å². The second-order valence-corrected chi connectivity index (χ2v) is 8.37. The molecular formula is C23H18N2O6S. The number of rotatable bonds is 2. The van der Waals surface area contributed by atoms with Gasteiger partial charge in [-0.25, -0.2) is 0 Å². The molecule has 162 valence electrons. The van der Waals surface area contributed by atoms with E-state index in [4.69, 9.17) is 10.5 Å². The summed E-state index contributed by atoms with van der Waals surface area (Å²) in [7, 11) is -3.14. The third kappa shape index (κ3) is 3.64. The van der Waals surface area contributed by atoms with E-state index < -0.39 is 20.6 Å². The van der Waals surface area contributed by atoms with Gasteiger partial charge in [-0.15, -0.1) is 0 Å². The first kappa shape index (κ1) is 21.3. The standard InChI is InChI=1S/C16H9NO5S.C7H9NO/c18-14-9-5-2-1-4-8(9)13-12-10(14)6-3-7-11(12)17-16(19)15(13)23(20,21)22;1-9-7-4-2-6(8)3-5-7/h1-7H,(H,17,19)(H,20,21,22);2-5H,8H2,1H3. The van der Waals surface area contributed by atoms with Gasteiger partial charge in [-0.2, -0.15) is 8.42 Å². The van der Waals surface area contributed by atoms with Crippen molar-refractivity contribution in [1.82, 2.24) is 4.98 Å². The quantitative estimate of drug-likeness (QED) is 0.277. The van der Waals surface area contributed by atoms with Crippen molar-refractivity contribution >= 4 is 32.5 Å². The van der Waals surface area contributed by atoms with Crippen LogP contribution in [-0.4, -0.2) is 30.8 Å². The van der Waals surface area contributed by atoms with Crippen LogP contribution in [0.2, 0.25) is 0 Å². The summed E-state index contributed by atoms with van der Waals surface area (Å²) in [5.74, 6) is 0.580. The van der Waals surface area contributed by atoms with Crippen LogP contribution in [0.4, 0.5) is 5.69 Å². The number of hydrogen-bond acceptors (Lipinski definition) is 6. The number of aromatic nitrogens is 1. The number of pyridine rings is 1. The van der Waals surface area contributed by atoms with E-state index in [1.807, 2.05) is 12.1 Å². The smallest absolute Gasteiger partial charge is 0.300 e. The third-order valence-corrected chi connectivity index (χ3v) is 5.96. The first-order valence-corrected chi connectivity index (χ1v) is 10.9. The van der Waals surface area contributed by atoms with Crippen molar-refractivity contribution in [1.29, 1.82) is 0 Å². The van der Waals surface area contributed by atoms with Crippen molar-refractivity contribution in [2.45, 2.75) is 4.90 Å². The Hall–Kier alpha value is -3.95. The van der Waals surface area contributed by atoms with Gasteiger partial charge in [0.05, 0.1) is 7.11 Å². The van der Waals surface area contributed by atoms with Gasteiger partial charge in [0, 0.05) is 33.3 Å². The molecule has 32 heavy (non-hydrogen) atoms. The minimum Gasteiger partial charge on any atom is -0.497 e. The highest BCUT2D eigenvalue weighted by Gasteiger charge is 2.32. The van der Waals surface area contributed by atoms with Crippen LogP contribution in [0, 0.1) is 0 Å². The van der Waals surface area contributed by atoms with Crippen molar-refractivity contribution in [2.24, 2.45) is 0 Å². The van der Waals surface area contributed by atoms with Crippen molar-refractivity contribution in [3.8, 4) is 16.9 Å². The summed E-state index contributed by atoms with van der Waals surface area (Å²) in [4.78, 5) is 26.5. The monoisotopic (exact) mass is 450 g/mol. The summed E-state index contributed by atoms with van der Waals surface area (Å²) in [6.07, 6.45) is 0. The average Bonchev–Trinajstić information content (AvgIpc) is 2.77. The van der Waals surface area contributed by atoms with Crippen LogP contribution >= 0.6 is 0 Å². The first-order valence-electron chi connectivity index (χ1n) is 9.42. The van der Waals surface area contributed by atoms with Gasteiger partial charge in [0.1, 0.15) is 5.75 Å². The van der Waals surface area contributed by atoms with E-state index in [-0.39, 0.29) is 16.9 Å². The Morgan fingerprint density at radius 2 is 1.50 bits per heavy atom. The number of nitrogens with one attached hydrogen (secondary N) is 1. The molecule has 5 rings (SSSR count). The second kappa shape index (κ2) is 7.95. The molecule has 0 amide bonds. The largest absolute Gasteiger partial charge is 0.497 e. The molecule has 4 aromatic rings. The number of carbonyl (C=O) groups is 1. The number of fused-ring (bicyclic) bond motifs is 2. The topological polar surface area (TPSA) is 140 Å². The number of H-pyrrole nitrogens is 1. The zero-order valence-corrected chi connectivity index (χ0v) is 17.6. The van der Waals surface area contributed by atoms with E-state index in [0.717, 1.165) is 11.4 Å². The highest BCUT2D eigenvalue weighted by atomic mass is 32.2.